The lowest BCUT2D eigenvalue weighted by molar-refractivity contribution is -0.132. The van der Waals surface area contributed by atoms with Crippen molar-refractivity contribution in [3.05, 3.63) is 93.0 Å². The zero-order valence-corrected chi connectivity index (χ0v) is 20.9. The highest BCUT2D eigenvalue weighted by Crippen LogP contribution is 2.44. The maximum absolute atomic E-state index is 13.4. The van der Waals surface area contributed by atoms with E-state index in [2.05, 4.69) is 0 Å². The summed E-state index contributed by atoms with van der Waals surface area (Å²) in [5, 5.41) is 11.9. The molecule has 1 fully saturated rings. The Morgan fingerprint density at radius 3 is 2.31 bits per heavy atom. The molecule has 1 saturated heterocycles. The maximum atomic E-state index is 13.4. The fourth-order valence-corrected chi connectivity index (χ4v) is 4.54. The van der Waals surface area contributed by atoms with E-state index in [9.17, 15) is 14.7 Å². The second-order valence-corrected chi connectivity index (χ2v) is 8.92. The summed E-state index contributed by atoms with van der Waals surface area (Å²) in [5.41, 5.74) is 3.86. The number of aryl methyl sites for hydroxylation is 3. The van der Waals surface area contributed by atoms with Crippen molar-refractivity contribution < 1.29 is 24.2 Å². The van der Waals surface area contributed by atoms with Gasteiger partial charge in [-0.15, -0.1) is 0 Å². The van der Waals surface area contributed by atoms with E-state index in [0.717, 1.165) is 11.1 Å². The van der Waals surface area contributed by atoms with Crippen molar-refractivity contribution in [2.75, 3.05) is 19.1 Å². The van der Waals surface area contributed by atoms with Crippen molar-refractivity contribution in [2.24, 2.45) is 0 Å². The topological polar surface area (TPSA) is 76.1 Å². The van der Waals surface area contributed by atoms with Crippen LogP contribution in [-0.4, -0.2) is 31.0 Å². The van der Waals surface area contributed by atoms with Gasteiger partial charge in [0.05, 0.1) is 25.8 Å². The number of Topliss-reactive ketones (excluding diaryl/α,β-unsaturated/α-hetero) is 1. The number of amides is 1. The van der Waals surface area contributed by atoms with E-state index in [0.29, 0.717) is 38.9 Å². The summed E-state index contributed by atoms with van der Waals surface area (Å²) in [6.07, 6.45) is 0. The van der Waals surface area contributed by atoms with Crippen LogP contribution in [0.1, 0.15) is 33.9 Å². The summed E-state index contributed by atoms with van der Waals surface area (Å²) in [5.74, 6) is -0.549. The number of hydrogen-bond donors (Lipinski definition) is 1. The number of rotatable bonds is 5. The monoisotopic (exact) mass is 491 g/mol. The Hall–Kier alpha value is -3.77. The van der Waals surface area contributed by atoms with Gasteiger partial charge in [-0.1, -0.05) is 29.8 Å². The van der Waals surface area contributed by atoms with E-state index in [-0.39, 0.29) is 11.3 Å². The van der Waals surface area contributed by atoms with Gasteiger partial charge >= 0.3 is 0 Å². The van der Waals surface area contributed by atoms with Crippen molar-refractivity contribution in [1.29, 1.82) is 0 Å². The first-order valence-electron chi connectivity index (χ1n) is 11.0. The molecule has 0 aromatic heterocycles. The van der Waals surface area contributed by atoms with E-state index in [1.54, 1.807) is 68.8 Å². The third-order valence-corrected chi connectivity index (χ3v) is 6.69. The highest BCUT2D eigenvalue weighted by molar-refractivity contribution is 6.51. The van der Waals surface area contributed by atoms with Crippen LogP contribution in [0.2, 0.25) is 5.02 Å². The summed E-state index contributed by atoms with van der Waals surface area (Å²) in [7, 11) is 3.11. The molecule has 4 rings (SSSR count). The molecule has 1 unspecified atom stereocenters. The van der Waals surface area contributed by atoms with E-state index < -0.39 is 17.7 Å². The predicted octanol–water partition coefficient (Wildman–Crippen LogP) is 5.91. The summed E-state index contributed by atoms with van der Waals surface area (Å²) < 4.78 is 10.8. The summed E-state index contributed by atoms with van der Waals surface area (Å²) >= 11 is 6.36. The third-order valence-electron chi connectivity index (χ3n) is 6.28. The molecule has 1 N–H and O–H groups in total. The van der Waals surface area contributed by atoms with Crippen molar-refractivity contribution >= 4 is 34.7 Å². The first-order valence-corrected chi connectivity index (χ1v) is 11.4. The molecule has 1 aliphatic heterocycles. The van der Waals surface area contributed by atoms with Gasteiger partial charge in [-0.05, 0) is 79.4 Å². The highest BCUT2D eigenvalue weighted by atomic mass is 35.5. The molecule has 35 heavy (non-hydrogen) atoms. The van der Waals surface area contributed by atoms with Crippen LogP contribution in [0.4, 0.5) is 5.69 Å². The second-order valence-electron chi connectivity index (χ2n) is 8.52. The van der Waals surface area contributed by atoms with E-state index in [4.69, 9.17) is 21.1 Å². The zero-order valence-electron chi connectivity index (χ0n) is 20.2. The van der Waals surface area contributed by atoms with Crippen molar-refractivity contribution in [2.45, 2.75) is 26.8 Å². The van der Waals surface area contributed by atoms with Gasteiger partial charge in [0.1, 0.15) is 17.3 Å². The quantitative estimate of drug-likeness (QED) is 0.273. The van der Waals surface area contributed by atoms with Crippen LogP contribution in [-0.2, 0) is 9.59 Å². The van der Waals surface area contributed by atoms with Gasteiger partial charge in [-0.25, -0.2) is 0 Å². The van der Waals surface area contributed by atoms with E-state index in [1.807, 2.05) is 20.8 Å². The summed E-state index contributed by atoms with van der Waals surface area (Å²) in [6, 6.07) is 14.9. The molecule has 180 valence electrons. The fraction of sp³-hybridized carbons (Fsp3) is 0.214. The molecule has 3 aromatic carbocycles. The van der Waals surface area contributed by atoms with Crippen LogP contribution in [0.25, 0.3) is 5.76 Å². The molecule has 1 atom stereocenters. The van der Waals surface area contributed by atoms with Gasteiger partial charge in [0.2, 0.25) is 0 Å². The first-order chi connectivity index (χ1) is 16.7. The van der Waals surface area contributed by atoms with E-state index >= 15 is 0 Å². The lowest BCUT2D eigenvalue weighted by atomic mass is 9.93. The molecule has 1 aliphatic rings. The Morgan fingerprint density at radius 1 is 0.914 bits per heavy atom. The van der Waals surface area contributed by atoms with Crippen LogP contribution in [0.15, 0.2) is 60.2 Å². The normalized spacial score (nSPS) is 17.1. The molecule has 0 bridgehead atoms. The molecule has 0 aliphatic carbocycles. The summed E-state index contributed by atoms with van der Waals surface area (Å²) in [4.78, 5) is 28.2. The lowest BCUT2D eigenvalue weighted by Gasteiger charge is -2.26. The first kappa shape index (κ1) is 24.4. The van der Waals surface area contributed by atoms with Gasteiger partial charge in [-0.3, -0.25) is 14.5 Å². The van der Waals surface area contributed by atoms with Gasteiger partial charge in [-0.2, -0.15) is 0 Å². The molecule has 0 spiro atoms. The summed E-state index contributed by atoms with van der Waals surface area (Å²) in [6.45, 7) is 5.52. The molecule has 1 heterocycles. The predicted molar refractivity (Wildman–Crippen MR) is 136 cm³/mol. The smallest absolute Gasteiger partial charge is 0.300 e. The van der Waals surface area contributed by atoms with Crippen molar-refractivity contribution in [3.8, 4) is 11.5 Å². The maximum Gasteiger partial charge on any atom is 0.300 e. The van der Waals surface area contributed by atoms with Gasteiger partial charge < -0.3 is 14.6 Å². The highest BCUT2D eigenvalue weighted by Gasteiger charge is 2.47. The molecule has 0 saturated carbocycles. The average molecular weight is 492 g/mol. The number of hydrogen-bond acceptors (Lipinski definition) is 5. The second kappa shape index (κ2) is 9.47. The number of methoxy groups -OCH3 is 2. The van der Waals surface area contributed by atoms with Crippen LogP contribution in [0.3, 0.4) is 0 Å². The van der Waals surface area contributed by atoms with E-state index in [1.165, 1.54) is 4.90 Å². The Morgan fingerprint density at radius 2 is 1.66 bits per heavy atom. The van der Waals surface area contributed by atoms with Gasteiger partial charge in [0, 0.05) is 16.3 Å². The Kier molecular flexibility index (Phi) is 6.59. The standard InChI is InChI=1S/C28H26ClNO5/c1-15-9-10-19(14-22(15)29)30-25(18-7-6-8-20(13-18)34-4)24(27(32)28(30)33)26(31)21-11-17(3)23(35-5)12-16(21)2/h6-14,25,31H,1-5H3/b26-24+. The molecule has 1 amide bonds. The minimum absolute atomic E-state index is 0.00684. The van der Waals surface area contributed by atoms with Crippen LogP contribution in [0.5, 0.6) is 11.5 Å². The number of aliphatic hydroxyl groups excluding tert-OH is 1. The van der Waals surface area contributed by atoms with Gasteiger partial charge in [0.25, 0.3) is 11.7 Å². The Balaban J connectivity index is 1.99. The van der Waals surface area contributed by atoms with Crippen molar-refractivity contribution in [1.82, 2.24) is 0 Å². The largest absolute Gasteiger partial charge is 0.507 e. The number of aliphatic hydroxyl groups is 1. The third kappa shape index (κ3) is 4.26. The van der Waals surface area contributed by atoms with Crippen LogP contribution < -0.4 is 14.4 Å². The minimum Gasteiger partial charge on any atom is -0.507 e. The van der Waals surface area contributed by atoms with Crippen molar-refractivity contribution in [3.63, 3.8) is 0 Å². The fourth-order valence-electron chi connectivity index (χ4n) is 4.37. The molecular weight excluding hydrogens is 466 g/mol. The average Bonchev–Trinajstić information content (AvgIpc) is 3.12. The number of nitrogens with zero attached hydrogens (tertiary/aromatic N) is 1. The van der Waals surface area contributed by atoms with Gasteiger partial charge in [0.15, 0.2) is 0 Å². The SMILES string of the molecule is COc1cccc(C2/C(=C(\O)c3cc(C)c(OC)cc3C)C(=O)C(=O)N2c2ccc(C)c(Cl)c2)c1. The number of carbonyl (C=O) groups is 2. The number of carbonyl (C=O) groups excluding carboxylic acids is 2. The molecule has 6 nitrogen and oxygen atoms in total. The molecule has 7 heteroatoms. The Bertz CT molecular complexity index is 1380. The Labute approximate surface area is 209 Å². The zero-order chi connectivity index (χ0) is 25.4. The molecule has 0 radical (unpaired) electrons. The number of benzene rings is 3. The molecule has 3 aromatic rings. The lowest BCUT2D eigenvalue weighted by Crippen LogP contribution is -2.29. The number of ether oxygens (including phenoxy) is 2. The van der Waals surface area contributed by atoms with Crippen LogP contribution >= 0.6 is 11.6 Å². The van der Waals surface area contributed by atoms with Crippen LogP contribution in [0, 0.1) is 20.8 Å². The number of anilines is 1. The minimum atomic E-state index is -0.884. The molecular formula is C28H26ClNO5. The number of ketones is 1. The number of halogens is 1.